The van der Waals surface area contributed by atoms with Crippen LogP contribution in [0.1, 0.15) is 11.3 Å². The van der Waals surface area contributed by atoms with Crippen molar-refractivity contribution in [3.63, 3.8) is 0 Å². The molecule has 0 unspecified atom stereocenters. The molecule has 0 radical (unpaired) electrons. The molecule has 0 aliphatic rings. The Hall–Kier alpha value is -1.75. The van der Waals surface area contributed by atoms with Gasteiger partial charge in [-0.25, -0.2) is 12.8 Å². The lowest BCUT2D eigenvalue weighted by atomic mass is 10.3. The minimum atomic E-state index is -3.97. The average molecular weight is 324 g/mol. The SMILES string of the molecule is N#CCCN(Cc1cccs1)S(=O)(=O)c1ccccc1F. The third kappa shape index (κ3) is 3.67. The van der Waals surface area contributed by atoms with Crippen molar-refractivity contribution < 1.29 is 12.8 Å². The van der Waals surface area contributed by atoms with E-state index in [1.54, 1.807) is 6.07 Å². The van der Waals surface area contributed by atoms with Crippen LogP contribution in [0.2, 0.25) is 0 Å². The van der Waals surface area contributed by atoms with Gasteiger partial charge in [0, 0.05) is 24.4 Å². The Morgan fingerprint density at radius 2 is 2.00 bits per heavy atom. The Labute approximate surface area is 127 Å². The topological polar surface area (TPSA) is 61.2 Å². The molecule has 0 saturated carbocycles. The first kappa shape index (κ1) is 15.6. The van der Waals surface area contributed by atoms with E-state index in [1.807, 2.05) is 17.5 Å². The van der Waals surface area contributed by atoms with Crippen LogP contribution >= 0.6 is 11.3 Å². The molecular formula is C14H13FN2O2S2. The van der Waals surface area contributed by atoms with Crippen LogP contribution in [0.15, 0.2) is 46.7 Å². The Bertz CT molecular complexity index is 737. The maximum absolute atomic E-state index is 13.8. The molecule has 0 amide bonds. The Morgan fingerprint density at radius 3 is 2.62 bits per heavy atom. The second-order valence-electron chi connectivity index (χ2n) is 4.26. The fourth-order valence-corrected chi connectivity index (χ4v) is 4.11. The van der Waals surface area contributed by atoms with E-state index in [0.717, 1.165) is 15.2 Å². The summed E-state index contributed by atoms with van der Waals surface area (Å²) in [7, 11) is -3.97. The number of hydrogen-bond acceptors (Lipinski definition) is 4. The lowest BCUT2D eigenvalue weighted by Crippen LogP contribution is -2.31. The number of benzene rings is 1. The Kier molecular flexibility index (Phi) is 5.07. The van der Waals surface area contributed by atoms with E-state index in [-0.39, 0.29) is 24.4 Å². The van der Waals surface area contributed by atoms with Crippen molar-refractivity contribution in [2.24, 2.45) is 0 Å². The summed E-state index contributed by atoms with van der Waals surface area (Å²) in [6.07, 6.45) is 0.0546. The van der Waals surface area contributed by atoms with Crippen molar-refractivity contribution in [3.8, 4) is 6.07 Å². The number of thiophene rings is 1. The van der Waals surface area contributed by atoms with Crippen LogP contribution in [-0.2, 0) is 16.6 Å². The first-order valence-corrected chi connectivity index (χ1v) is 8.51. The van der Waals surface area contributed by atoms with Gasteiger partial charge in [-0.15, -0.1) is 11.3 Å². The number of nitrogens with zero attached hydrogens (tertiary/aromatic N) is 2. The van der Waals surface area contributed by atoms with Crippen LogP contribution in [0.4, 0.5) is 4.39 Å². The zero-order chi connectivity index (χ0) is 15.3. The maximum atomic E-state index is 13.8. The molecule has 0 atom stereocenters. The fourth-order valence-electron chi connectivity index (χ4n) is 1.83. The summed E-state index contributed by atoms with van der Waals surface area (Å²) < 4.78 is 40.1. The molecule has 1 aromatic carbocycles. The largest absolute Gasteiger partial charge is 0.246 e. The van der Waals surface area contributed by atoms with Gasteiger partial charge in [-0.2, -0.15) is 9.57 Å². The molecule has 2 rings (SSSR count). The van der Waals surface area contributed by atoms with E-state index in [9.17, 15) is 12.8 Å². The van der Waals surface area contributed by atoms with Gasteiger partial charge in [-0.3, -0.25) is 0 Å². The highest BCUT2D eigenvalue weighted by molar-refractivity contribution is 7.89. The molecular weight excluding hydrogens is 311 g/mol. The second-order valence-corrected chi connectivity index (χ2v) is 7.20. The smallest absolute Gasteiger partial charge is 0.207 e. The number of rotatable bonds is 6. The van der Waals surface area contributed by atoms with Crippen molar-refractivity contribution in [1.29, 1.82) is 5.26 Å². The summed E-state index contributed by atoms with van der Waals surface area (Å²) in [6, 6.07) is 10.8. The van der Waals surface area contributed by atoms with E-state index in [0.29, 0.717) is 0 Å². The molecule has 0 spiro atoms. The fraction of sp³-hybridized carbons (Fsp3) is 0.214. The predicted molar refractivity (Wildman–Crippen MR) is 78.5 cm³/mol. The molecule has 0 aliphatic carbocycles. The molecule has 110 valence electrons. The van der Waals surface area contributed by atoms with Crippen molar-refractivity contribution in [2.45, 2.75) is 17.9 Å². The molecule has 0 saturated heterocycles. The van der Waals surface area contributed by atoms with Gasteiger partial charge in [-0.05, 0) is 23.6 Å². The van der Waals surface area contributed by atoms with Crippen molar-refractivity contribution >= 4 is 21.4 Å². The number of halogens is 1. The van der Waals surface area contributed by atoms with Crippen LogP contribution < -0.4 is 0 Å². The standard InChI is InChI=1S/C14H13FN2O2S2/c15-13-6-1-2-7-14(13)21(18,19)17(9-4-8-16)11-12-5-3-10-20-12/h1-3,5-7,10H,4,9,11H2. The zero-order valence-electron chi connectivity index (χ0n) is 11.1. The molecule has 0 aliphatic heterocycles. The highest BCUT2D eigenvalue weighted by Gasteiger charge is 2.27. The lowest BCUT2D eigenvalue weighted by molar-refractivity contribution is 0.412. The summed E-state index contributed by atoms with van der Waals surface area (Å²) in [6.45, 7) is 0.168. The summed E-state index contributed by atoms with van der Waals surface area (Å²) in [5.74, 6) is -0.786. The quantitative estimate of drug-likeness (QED) is 0.820. The predicted octanol–water partition coefficient (Wildman–Crippen LogP) is 2.99. The van der Waals surface area contributed by atoms with Crippen molar-refractivity contribution in [3.05, 3.63) is 52.5 Å². The first-order valence-electron chi connectivity index (χ1n) is 6.19. The Balaban J connectivity index is 2.35. The summed E-state index contributed by atoms with van der Waals surface area (Å²) in [4.78, 5) is 0.479. The van der Waals surface area contributed by atoms with Crippen LogP contribution in [0.5, 0.6) is 0 Å². The average Bonchev–Trinajstić information content (AvgIpc) is 2.96. The molecule has 0 N–H and O–H groups in total. The van der Waals surface area contributed by atoms with Crippen molar-refractivity contribution in [1.82, 2.24) is 4.31 Å². The van der Waals surface area contributed by atoms with Crippen LogP contribution in [0, 0.1) is 17.1 Å². The second kappa shape index (κ2) is 6.80. The van der Waals surface area contributed by atoms with Gasteiger partial charge >= 0.3 is 0 Å². The minimum absolute atomic E-state index is 0.0328. The lowest BCUT2D eigenvalue weighted by Gasteiger charge is -2.20. The van der Waals surface area contributed by atoms with Gasteiger partial charge in [0.1, 0.15) is 10.7 Å². The van der Waals surface area contributed by atoms with Gasteiger partial charge in [0.15, 0.2) is 0 Å². The van der Waals surface area contributed by atoms with Gasteiger partial charge in [0.05, 0.1) is 6.07 Å². The van der Waals surface area contributed by atoms with Gasteiger partial charge in [0.25, 0.3) is 0 Å². The third-order valence-corrected chi connectivity index (χ3v) is 5.58. The molecule has 0 bridgehead atoms. The highest BCUT2D eigenvalue weighted by Crippen LogP contribution is 2.22. The van der Waals surface area contributed by atoms with E-state index < -0.39 is 15.8 Å². The summed E-state index contributed by atoms with van der Waals surface area (Å²) >= 11 is 1.42. The van der Waals surface area contributed by atoms with Crippen LogP contribution in [0.25, 0.3) is 0 Å². The van der Waals surface area contributed by atoms with E-state index in [2.05, 4.69) is 0 Å². The number of hydrogen-bond donors (Lipinski definition) is 0. The van der Waals surface area contributed by atoms with Crippen LogP contribution in [0.3, 0.4) is 0 Å². The maximum Gasteiger partial charge on any atom is 0.246 e. The minimum Gasteiger partial charge on any atom is -0.207 e. The molecule has 1 heterocycles. The summed E-state index contributed by atoms with van der Waals surface area (Å²) in [5.41, 5.74) is 0. The molecule has 0 fully saturated rings. The highest BCUT2D eigenvalue weighted by atomic mass is 32.2. The van der Waals surface area contributed by atoms with Crippen molar-refractivity contribution in [2.75, 3.05) is 6.54 Å². The first-order chi connectivity index (χ1) is 10.1. The molecule has 2 aromatic rings. The van der Waals surface area contributed by atoms with Gasteiger partial charge in [0.2, 0.25) is 10.0 Å². The summed E-state index contributed by atoms with van der Waals surface area (Å²) in [5, 5.41) is 10.5. The monoisotopic (exact) mass is 324 g/mol. The van der Waals surface area contributed by atoms with Gasteiger partial charge < -0.3 is 0 Å². The number of nitriles is 1. The molecule has 21 heavy (non-hydrogen) atoms. The van der Waals surface area contributed by atoms with Gasteiger partial charge in [-0.1, -0.05) is 18.2 Å². The van der Waals surface area contributed by atoms with Crippen LogP contribution in [-0.4, -0.2) is 19.3 Å². The normalized spacial score (nSPS) is 11.5. The third-order valence-electron chi connectivity index (χ3n) is 2.84. The van der Waals surface area contributed by atoms with E-state index >= 15 is 0 Å². The number of sulfonamides is 1. The zero-order valence-corrected chi connectivity index (χ0v) is 12.7. The van der Waals surface area contributed by atoms with E-state index in [4.69, 9.17) is 5.26 Å². The Morgan fingerprint density at radius 1 is 1.24 bits per heavy atom. The molecule has 1 aromatic heterocycles. The molecule has 7 heteroatoms. The molecule has 4 nitrogen and oxygen atoms in total. The van der Waals surface area contributed by atoms with E-state index in [1.165, 1.54) is 29.5 Å².